The van der Waals surface area contributed by atoms with Gasteiger partial charge in [-0.1, -0.05) is 42.5 Å². The third kappa shape index (κ3) is 5.11. The molecule has 1 heterocycles. The standard InChI is InChI=1S/C25H24F3N3O/c26-21-9-5-18(6-10-21)24(19-7-11-22(27)12-8-19)30-13-15-31(16-14-30)25(32)29-17-20-3-1-2-4-23(20)28/h1-12,24H,13-17H2,(H,29,32). The fourth-order valence-electron chi connectivity index (χ4n) is 4.01. The number of amides is 2. The summed E-state index contributed by atoms with van der Waals surface area (Å²) in [4.78, 5) is 16.5. The van der Waals surface area contributed by atoms with Crippen molar-refractivity contribution in [1.29, 1.82) is 0 Å². The van der Waals surface area contributed by atoms with Gasteiger partial charge in [-0.2, -0.15) is 0 Å². The molecule has 2 amide bonds. The van der Waals surface area contributed by atoms with E-state index in [2.05, 4.69) is 10.2 Å². The summed E-state index contributed by atoms with van der Waals surface area (Å²) in [6.07, 6.45) is 0. The third-order valence-electron chi connectivity index (χ3n) is 5.73. The second-order valence-electron chi connectivity index (χ2n) is 7.78. The Balaban J connectivity index is 1.43. The van der Waals surface area contributed by atoms with Crippen LogP contribution in [0.1, 0.15) is 22.7 Å². The second-order valence-corrected chi connectivity index (χ2v) is 7.78. The van der Waals surface area contributed by atoms with E-state index >= 15 is 0 Å². The van der Waals surface area contributed by atoms with Crippen LogP contribution in [0.25, 0.3) is 0 Å². The van der Waals surface area contributed by atoms with E-state index in [-0.39, 0.29) is 36.1 Å². The molecule has 0 radical (unpaired) electrons. The smallest absolute Gasteiger partial charge is 0.317 e. The molecule has 7 heteroatoms. The fourth-order valence-corrected chi connectivity index (χ4v) is 4.01. The van der Waals surface area contributed by atoms with Crippen LogP contribution in [-0.4, -0.2) is 42.0 Å². The normalized spacial score (nSPS) is 14.6. The second kappa shape index (κ2) is 9.87. The quantitative estimate of drug-likeness (QED) is 0.625. The topological polar surface area (TPSA) is 35.6 Å². The van der Waals surface area contributed by atoms with Crippen LogP contribution in [0.5, 0.6) is 0 Å². The van der Waals surface area contributed by atoms with E-state index in [4.69, 9.17) is 0 Å². The Morgan fingerprint density at radius 3 is 1.84 bits per heavy atom. The molecule has 0 aliphatic carbocycles. The summed E-state index contributed by atoms with van der Waals surface area (Å²) in [7, 11) is 0. The number of piperazine rings is 1. The first-order valence-electron chi connectivity index (χ1n) is 10.5. The van der Waals surface area contributed by atoms with Crippen molar-refractivity contribution >= 4 is 6.03 Å². The highest BCUT2D eigenvalue weighted by atomic mass is 19.1. The van der Waals surface area contributed by atoms with Crippen LogP contribution >= 0.6 is 0 Å². The number of nitrogens with zero attached hydrogens (tertiary/aromatic N) is 2. The maximum absolute atomic E-state index is 13.8. The number of halogens is 3. The Morgan fingerprint density at radius 2 is 1.31 bits per heavy atom. The van der Waals surface area contributed by atoms with Crippen LogP contribution in [0.4, 0.5) is 18.0 Å². The Kier molecular flexibility index (Phi) is 6.75. The number of hydrogen-bond donors (Lipinski definition) is 1. The molecule has 1 N–H and O–H groups in total. The molecule has 0 atom stereocenters. The van der Waals surface area contributed by atoms with E-state index in [1.54, 1.807) is 47.4 Å². The highest BCUT2D eigenvalue weighted by molar-refractivity contribution is 5.74. The molecule has 1 aliphatic heterocycles. The molecule has 1 fully saturated rings. The van der Waals surface area contributed by atoms with E-state index < -0.39 is 0 Å². The fraction of sp³-hybridized carbons (Fsp3) is 0.240. The molecule has 3 aromatic rings. The highest BCUT2D eigenvalue weighted by Crippen LogP contribution is 2.30. The van der Waals surface area contributed by atoms with Gasteiger partial charge < -0.3 is 10.2 Å². The van der Waals surface area contributed by atoms with Gasteiger partial charge in [0.25, 0.3) is 0 Å². The Hall–Kier alpha value is -3.32. The molecular weight excluding hydrogens is 415 g/mol. The zero-order chi connectivity index (χ0) is 22.5. The van der Waals surface area contributed by atoms with Crippen LogP contribution in [0.2, 0.25) is 0 Å². The molecule has 0 saturated carbocycles. The Labute approximate surface area is 185 Å². The minimum atomic E-state index is -0.348. The lowest BCUT2D eigenvalue weighted by Crippen LogP contribution is -2.52. The minimum absolute atomic E-state index is 0.125. The number of hydrogen-bond acceptors (Lipinski definition) is 2. The van der Waals surface area contributed by atoms with Crippen LogP contribution < -0.4 is 5.32 Å². The predicted molar refractivity (Wildman–Crippen MR) is 116 cm³/mol. The van der Waals surface area contributed by atoms with Crippen molar-refractivity contribution in [3.8, 4) is 0 Å². The predicted octanol–water partition coefficient (Wildman–Crippen LogP) is 4.72. The van der Waals surface area contributed by atoms with Gasteiger partial charge >= 0.3 is 6.03 Å². The van der Waals surface area contributed by atoms with Gasteiger partial charge in [0.2, 0.25) is 0 Å². The van der Waals surface area contributed by atoms with Gasteiger partial charge in [0, 0.05) is 38.3 Å². The molecule has 1 saturated heterocycles. The summed E-state index contributed by atoms with van der Waals surface area (Å²) in [5.74, 6) is -0.982. The summed E-state index contributed by atoms with van der Waals surface area (Å²) >= 11 is 0. The van der Waals surface area contributed by atoms with Crippen LogP contribution in [0, 0.1) is 17.5 Å². The van der Waals surface area contributed by atoms with E-state index in [0.717, 1.165) is 11.1 Å². The van der Waals surface area contributed by atoms with Crippen molar-refractivity contribution in [3.63, 3.8) is 0 Å². The summed E-state index contributed by atoms with van der Waals surface area (Å²) in [5, 5.41) is 2.77. The van der Waals surface area contributed by atoms with E-state index in [9.17, 15) is 18.0 Å². The largest absolute Gasteiger partial charge is 0.334 e. The molecule has 166 valence electrons. The van der Waals surface area contributed by atoms with Crippen molar-refractivity contribution < 1.29 is 18.0 Å². The van der Waals surface area contributed by atoms with Crippen LogP contribution in [0.15, 0.2) is 72.8 Å². The van der Waals surface area contributed by atoms with Crippen molar-refractivity contribution in [1.82, 2.24) is 15.1 Å². The van der Waals surface area contributed by atoms with E-state index in [0.29, 0.717) is 31.7 Å². The third-order valence-corrected chi connectivity index (χ3v) is 5.73. The maximum atomic E-state index is 13.8. The SMILES string of the molecule is O=C(NCc1ccccc1F)N1CCN(C(c2ccc(F)cc2)c2ccc(F)cc2)CC1. The molecule has 0 unspecified atom stereocenters. The lowest BCUT2D eigenvalue weighted by molar-refractivity contribution is 0.120. The molecule has 0 spiro atoms. The first-order chi connectivity index (χ1) is 15.5. The molecular formula is C25H24F3N3O. The number of carbonyl (C=O) groups excluding carboxylic acids is 1. The number of carbonyl (C=O) groups is 1. The van der Waals surface area contributed by atoms with Gasteiger partial charge in [-0.25, -0.2) is 18.0 Å². The summed E-state index contributed by atoms with van der Waals surface area (Å²) in [6.45, 7) is 2.28. The monoisotopic (exact) mass is 439 g/mol. The lowest BCUT2D eigenvalue weighted by Gasteiger charge is -2.39. The molecule has 4 nitrogen and oxygen atoms in total. The van der Waals surface area contributed by atoms with Crippen molar-refractivity contribution in [2.24, 2.45) is 0 Å². The molecule has 0 aromatic heterocycles. The molecule has 4 rings (SSSR count). The van der Waals surface area contributed by atoms with Gasteiger partial charge in [-0.05, 0) is 41.5 Å². The summed E-state index contributed by atoms with van der Waals surface area (Å²) < 4.78 is 40.7. The summed E-state index contributed by atoms with van der Waals surface area (Å²) in [6, 6.07) is 18.5. The first-order valence-corrected chi connectivity index (χ1v) is 10.5. The Morgan fingerprint density at radius 1 is 0.781 bits per heavy atom. The molecule has 0 bridgehead atoms. The minimum Gasteiger partial charge on any atom is -0.334 e. The van der Waals surface area contributed by atoms with Gasteiger partial charge in [-0.15, -0.1) is 0 Å². The average molecular weight is 439 g/mol. The summed E-state index contributed by atoms with van der Waals surface area (Å²) in [5.41, 5.74) is 2.23. The van der Waals surface area contributed by atoms with Crippen molar-refractivity contribution in [3.05, 3.63) is 107 Å². The lowest BCUT2D eigenvalue weighted by atomic mass is 9.96. The number of benzene rings is 3. The van der Waals surface area contributed by atoms with Gasteiger partial charge in [-0.3, -0.25) is 4.90 Å². The van der Waals surface area contributed by atoms with E-state index in [1.807, 2.05) is 0 Å². The Bertz CT molecular complexity index is 1000. The zero-order valence-corrected chi connectivity index (χ0v) is 17.5. The molecule has 32 heavy (non-hydrogen) atoms. The number of nitrogens with one attached hydrogen (secondary N) is 1. The average Bonchev–Trinajstić information content (AvgIpc) is 2.81. The zero-order valence-electron chi connectivity index (χ0n) is 17.5. The van der Waals surface area contributed by atoms with Gasteiger partial charge in [0.15, 0.2) is 0 Å². The number of urea groups is 1. The van der Waals surface area contributed by atoms with Gasteiger partial charge in [0.05, 0.1) is 6.04 Å². The van der Waals surface area contributed by atoms with Crippen molar-refractivity contribution in [2.75, 3.05) is 26.2 Å². The number of rotatable bonds is 5. The molecule has 3 aromatic carbocycles. The maximum Gasteiger partial charge on any atom is 0.317 e. The highest BCUT2D eigenvalue weighted by Gasteiger charge is 2.28. The molecule has 1 aliphatic rings. The van der Waals surface area contributed by atoms with E-state index in [1.165, 1.54) is 30.3 Å². The van der Waals surface area contributed by atoms with Gasteiger partial charge in [0.1, 0.15) is 17.5 Å². The van der Waals surface area contributed by atoms with Crippen LogP contribution in [-0.2, 0) is 6.54 Å². The first kappa shape index (κ1) is 21.9. The van der Waals surface area contributed by atoms with Crippen molar-refractivity contribution in [2.45, 2.75) is 12.6 Å². The van der Waals surface area contributed by atoms with Crippen LogP contribution in [0.3, 0.4) is 0 Å².